The van der Waals surface area contributed by atoms with Crippen molar-refractivity contribution in [3.05, 3.63) is 47.7 Å². The van der Waals surface area contributed by atoms with E-state index in [4.69, 9.17) is 4.74 Å². The van der Waals surface area contributed by atoms with Crippen LogP contribution in [0.25, 0.3) is 0 Å². The van der Waals surface area contributed by atoms with Crippen LogP contribution in [-0.2, 0) is 16.0 Å². The highest BCUT2D eigenvalue weighted by molar-refractivity contribution is 8.00. The molecule has 0 N–H and O–H groups in total. The maximum Gasteiger partial charge on any atom is 0.247 e. The van der Waals surface area contributed by atoms with Gasteiger partial charge < -0.3 is 4.74 Å². The fourth-order valence-electron chi connectivity index (χ4n) is 3.15. The smallest absolute Gasteiger partial charge is 0.247 e. The third-order valence-corrected chi connectivity index (χ3v) is 5.61. The summed E-state index contributed by atoms with van der Waals surface area (Å²) in [6, 6.07) is 12.6. The number of hydrogen-bond acceptors (Lipinski definition) is 6. The fraction of sp³-hybridized carbons (Fsp3) is 0.364. The Morgan fingerprint density at radius 1 is 1.24 bits per heavy atom. The molecule has 2 aromatic rings. The molecule has 1 aromatic carbocycles. The number of imide groups is 1. The summed E-state index contributed by atoms with van der Waals surface area (Å²) >= 11 is 1.19. The minimum atomic E-state index is -0.594. The summed E-state index contributed by atoms with van der Waals surface area (Å²) in [5, 5.41) is 9.32. The summed E-state index contributed by atoms with van der Waals surface area (Å²) in [6.07, 6.45) is 0.868. The summed E-state index contributed by atoms with van der Waals surface area (Å²) in [5.41, 5.74) is 1.82. The summed E-state index contributed by atoms with van der Waals surface area (Å²) in [4.78, 5) is 31.3. The molecule has 2 amide bonds. The Bertz CT molecular complexity index is 951. The van der Waals surface area contributed by atoms with Crippen LogP contribution >= 0.6 is 11.8 Å². The van der Waals surface area contributed by atoms with Gasteiger partial charge in [0.2, 0.25) is 11.8 Å². The number of carbonyl (C=O) groups is 2. The highest BCUT2D eigenvalue weighted by Gasteiger charge is 2.40. The average Bonchev–Trinajstić information content (AvgIpc) is 2.96. The predicted octanol–water partition coefficient (Wildman–Crippen LogP) is 3.97. The van der Waals surface area contributed by atoms with E-state index in [0.717, 1.165) is 12.1 Å². The minimum Gasteiger partial charge on any atom is -0.494 e. The molecule has 3 rings (SSSR count). The number of nitriles is 1. The molecule has 0 spiro atoms. The van der Waals surface area contributed by atoms with Gasteiger partial charge in [0.15, 0.2) is 0 Å². The third-order valence-electron chi connectivity index (χ3n) is 4.42. The Morgan fingerprint density at radius 2 is 1.97 bits per heavy atom. The van der Waals surface area contributed by atoms with Crippen LogP contribution in [0.4, 0.5) is 5.69 Å². The van der Waals surface area contributed by atoms with Gasteiger partial charge >= 0.3 is 0 Å². The first-order chi connectivity index (χ1) is 13.9. The van der Waals surface area contributed by atoms with Gasteiger partial charge in [-0.2, -0.15) is 5.26 Å². The van der Waals surface area contributed by atoms with Crippen LogP contribution in [0.5, 0.6) is 5.75 Å². The van der Waals surface area contributed by atoms with E-state index in [1.807, 2.05) is 13.0 Å². The Hall–Kier alpha value is -2.85. The van der Waals surface area contributed by atoms with Gasteiger partial charge in [0.25, 0.3) is 0 Å². The van der Waals surface area contributed by atoms with Gasteiger partial charge in [-0.25, -0.2) is 9.88 Å². The zero-order chi connectivity index (χ0) is 21.0. The largest absolute Gasteiger partial charge is 0.494 e. The van der Waals surface area contributed by atoms with E-state index in [2.05, 4.69) is 24.9 Å². The second-order valence-corrected chi connectivity index (χ2v) is 8.36. The minimum absolute atomic E-state index is 0.0810. The standard InChI is InChI=1S/C22H23N3O3S/c1-4-28-18-9-7-17(8-10-18)25-20(26)12-19(22(25)27)29-21-15(13-23)5-6-16(24-21)11-14(2)3/h5-10,14,19H,4,11-12H2,1-3H3/t19-/m1/s1. The summed E-state index contributed by atoms with van der Waals surface area (Å²) in [7, 11) is 0. The fourth-order valence-corrected chi connectivity index (χ4v) is 4.26. The van der Waals surface area contributed by atoms with Crippen molar-refractivity contribution in [2.75, 3.05) is 11.5 Å². The summed E-state index contributed by atoms with van der Waals surface area (Å²) < 4.78 is 5.41. The van der Waals surface area contributed by atoms with Crippen molar-refractivity contribution in [1.82, 2.24) is 4.98 Å². The van der Waals surface area contributed by atoms with Gasteiger partial charge in [0.05, 0.1) is 23.1 Å². The van der Waals surface area contributed by atoms with E-state index < -0.39 is 5.25 Å². The number of ether oxygens (including phenoxy) is 1. The molecule has 0 radical (unpaired) electrons. The number of carbonyl (C=O) groups excluding carboxylic acids is 2. The van der Waals surface area contributed by atoms with Crippen molar-refractivity contribution in [1.29, 1.82) is 5.26 Å². The molecule has 6 nitrogen and oxygen atoms in total. The number of anilines is 1. The van der Waals surface area contributed by atoms with Gasteiger partial charge in [-0.3, -0.25) is 9.59 Å². The number of rotatable bonds is 7. The Balaban J connectivity index is 1.80. The van der Waals surface area contributed by atoms with Crippen molar-refractivity contribution >= 4 is 29.3 Å². The first kappa shape index (κ1) is 20.9. The molecule has 1 aliphatic rings. The van der Waals surface area contributed by atoms with Gasteiger partial charge in [0, 0.05) is 12.1 Å². The van der Waals surface area contributed by atoms with Crippen molar-refractivity contribution in [3.63, 3.8) is 0 Å². The highest BCUT2D eigenvalue weighted by atomic mass is 32.2. The number of benzene rings is 1. The highest BCUT2D eigenvalue weighted by Crippen LogP contribution is 2.35. The lowest BCUT2D eigenvalue weighted by Gasteiger charge is -2.16. The monoisotopic (exact) mass is 409 g/mol. The molecule has 1 fully saturated rings. The molecule has 0 bridgehead atoms. The van der Waals surface area contributed by atoms with E-state index in [0.29, 0.717) is 34.6 Å². The average molecular weight is 410 g/mol. The molecule has 1 saturated heterocycles. The molecule has 7 heteroatoms. The Morgan fingerprint density at radius 3 is 2.59 bits per heavy atom. The van der Waals surface area contributed by atoms with Crippen LogP contribution in [0.2, 0.25) is 0 Å². The molecule has 0 aliphatic carbocycles. The van der Waals surface area contributed by atoms with Crippen LogP contribution < -0.4 is 9.64 Å². The van der Waals surface area contributed by atoms with Gasteiger partial charge in [-0.1, -0.05) is 25.6 Å². The molecular weight excluding hydrogens is 386 g/mol. The van der Waals surface area contributed by atoms with E-state index in [1.54, 1.807) is 30.3 Å². The molecule has 1 atom stereocenters. The molecule has 0 saturated carbocycles. The van der Waals surface area contributed by atoms with Crippen LogP contribution in [-0.4, -0.2) is 28.7 Å². The molecule has 1 aliphatic heterocycles. The molecule has 2 heterocycles. The zero-order valence-electron chi connectivity index (χ0n) is 16.7. The maximum atomic E-state index is 12.9. The van der Waals surface area contributed by atoms with Crippen LogP contribution in [0.15, 0.2) is 41.4 Å². The Labute approximate surface area is 174 Å². The van der Waals surface area contributed by atoms with Crippen LogP contribution in [0, 0.1) is 17.2 Å². The van der Waals surface area contributed by atoms with Gasteiger partial charge in [0.1, 0.15) is 16.8 Å². The van der Waals surface area contributed by atoms with Gasteiger partial charge in [-0.15, -0.1) is 0 Å². The molecule has 150 valence electrons. The number of pyridine rings is 1. The number of aromatic nitrogens is 1. The second-order valence-electron chi connectivity index (χ2n) is 7.17. The SMILES string of the molecule is CCOc1ccc(N2C(=O)C[C@@H](Sc3nc(CC(C)C)ccc3C#N)C2=O)cc1. The second kappa shape index (κ2) is 9.10. The molecule has 1 aromatic heterocycles. The van der Waals surface area contributed by atoms with E-state index in [9.17, 15) is 14.9 Å². The number of hydrogen-bond donors (Lipinski definition) is 0. The molecule has 0 unspecified atom stereocenters. The van der Waals surface area contributed by atoms with Crippen LogP contribution in [0.3, 0.4) is 0 Å². The zero-order valence-corrected chi connectivity index (χ0v) is 17.5. The topological polar surface area (TPSA) is 83.3 Å². The van der Waals surface area contributed by atoms with Crippen molar-refractivity contribution in [3.8, 4) is 11.8 Å². The first-order valence-corrected chi connectivity index (χ1v) is 10.5. The predicted molar refractivity (Wildman–Crippen MR) is 112 cm³/mol. The third kappa shape index (κ3) is 4.77. The van der Waals surface area contributed by atoms with E-state index in [-0.39, 0.29) is 18.2 Å². The van der Waals surface area contributed by atoms with E-state index >= 15 is 0 Å². The Kier molecular flexibility index (Phi) is 6.55. The first-order valence-electron chi connectivity index (χ1n) is 9.59. The van der Waals surface area contributed by atoms with E-state index in [1.165, 1.54) is 16.7 Å². The maximum absolute atomic E-state index is 12.9. The normalized spacial score (nSPS) is 16.4. The molecule has 29 heavy (non-hydrogen) atoms. The lowest BCUT2D eigenvalue weighted by Crippen LogP contribution is -2.31. The van der Waals surface area contributed by atoms with Crippen molar-refractivity contribution in [2.45, 2.75) is 43.9 Å². The van der Waals surface area contributed by atoms with Crippen molar-refractivity contribution in [2.24, 2.45) is 5.92 Å². The quantitative estimate of drug-likeness (QED) is 0.644. The lowest BCUT2D eigenvalue weighted by atomic mass is 10.1. The number of thioether (sulfide) groups is 1. The summed E-state index contributed by atoms with van der Waals surface area (Å²) in [6.45, 7) is 6.63. The van der Waals surface area contributed by atoms with Crippen molar-refractivity contribution < 1.29 is 14.3 Å². The van der Waals surface area contributed by atoms with Gasteiger partial charge in [-0.05, 0) is 55.7 Å². The number of amides is 2. The molecular formula is C22H23N3O3S. The lowest BCUT2D eigenvalue weighted by molar-refractivity contribution is -0.121. The van der Waals surface area contributed by atoms with Crippen LogP contribution in [0.1, 0.15) is 38.4 Å². The number of nitrogens with zero attached hydrogens (tertiary/aromatic N) is 3. The summed E-state index contributed by atoms with van der Waals surface area (Å²) in [5.74, 6) is 0.571.